The lowest BCUT2D eigenvalue weighted by atomic mass is 10.0. The van der Waals surface area contributed by atoms with E-state index in [2.05, 4.69) is 14.9 Å². The number of piperidine rings is 1. The van der Waals surface area contributed by atoms with Gasteiger partial charge in [0.05, 0.1) is 0 Å². The number of anilines is 1. The molecule has 0 aromatic carbocycles. The molecule has 1 aromatic heterocycles. The second-order valence-electron chi connectivity index (χ2n) is 5.56. The number of nitrogens with zero attached hydrogens (tertiary/aromatic N) is 4. The van der Waals surface area contributed by atoms with Gasteiger partial charge in [0.15, 0.2) is 0 Å². The Labute approximate surface area is 123 Å². The summed E-state index contributed by atoms with van der Waals surface area (Å²) >= 11 is 5.89. The highest BCUT2D eigenvalue weighted by atomic mass is 35.5. The number of rotatable bonds is 3. The van der Waals surface area contributed by atoms with E-state index < -0.39 is 0 Å². The monoisotopic (exact) mass is 294 g/mol. The number of carbonyl (C=O) groups is 1. The van der Waals surface area contributed by atoms with Gasteiger partial charge >= 0.3 is 0 Å². The van der Waals surface area contributed by atoms with Crippen LogP contribution in [0.25, 0.3) is 0 Å². The van der Waals surface area contributed by atoms with Gasteiger partial charge < -0.3 is 9.80 Å². The number of hydrogen-bond acceptors (Lipinski definition) is 4. The molecule has 108 valence electrons. The number of likely N-dealkylation sites (tertiary alicyclic amines) is 1. The Hall–Kier alpha value is -1.36. The minimum Gasteiger partial charge on any atom is -0.339 e. The molecule has 3 heterocycles. The smallest absolute Gasteiger partial charge is 0.225 e. The molecule has 1 amide bonds. The normalized spacial score (nSPS) is 27.1. The lowest BCUT2D eigenvalue weighted by Gasteiger charge is -2.37. The first-order valence-corrected chi connectivity index (χ1v) is 7.69. The van der Waals surface area contributed by atoms with Crippen molar-refractivity contribution in [3.05, 3.63) is 18.5 Å². The summed E-state index contributed by atoms with van der Waals surface area (Å²) in [5.41, 5.74) is 0. The second kappa shape index (κ2) is 5.95. The summed E-state index contributed by atoms with van der Waals surface area (Å²) in [6.07, 6.45) is 6.25. The summed E-state index contributed by atoms with van der Waals surface area (Å²) in [6, 6.07) is 2.09. The van der Waals surface area contributed by atoms with Gasteiger partial charge in [-0.1, -0.05) is 0 Å². The highest BCUT2D eigenvalue weighted by Gasteiger charge is 2.36. The number of halogens is 1. The van der Waals surface area contributed by atoms with E-state index in [1.807, 2.05) is 11.0 Å². The highest BCUT2D eigenvalue weighted by Crippen LogP contribution is 2.26. The van der Waals surface area contributed by atoms with Gasteiger partial charge in [-0.15, -0.1) is 11.6 Å². The van der Waals surface area contributed by atoms with Crippen molar-refractivity contribution < 1.29 is 4.79 Å². The average molecular weight is 295 g/mol. The van der Waals surface area contributed by atoms with Crippen LogP contribution < -0.4 is 4.90 Å². The molecule has 0 spiro atoms. The van der Waals surface area contributed by atoms with Crippen LogP contribution in [0.15, 0.2) is 18.5 Å². The molecule has 6 heteroatoms. The van der Waals surface area contributed by atoms with Crippen LogP contribution in [0.4, 0.5) is 5.95 Å². The van der Waals surface area contributed by atoms with E-state index in [-0.39, 0.29) is 11.9 Å². The fourth-order valence-corrected chi connectivity index (χ4v) is 3.32. The van der Waals surface area contributed by atoms with E-state index in [0.717, 1.165) is 38.4 Å². The van der Waals surface area contributed by atoms with Crippen LogP contribution in [0.1, 0.15) is 19.3 Å². The van der Waals surface area contributed by atoms with Crippen LogP contribution in [0.3, 0.4) is 0 Å². The van der Waals surface area contributed by atoms with E-state index in [4.69, 9.17) is 11.6 Å². The van der Waals surface area contributed by atoms with Crippen molar-refractivity contribution in [2.24, 2.45) is 5.92 Å². The number of carbonyl (C=O) groups excluding carboxylic acids is 1. The molecule has 2 aliphatic heterocycles. The Morgan fingerprint density at radius 1 is 1.30 bits per heavy atom. The van der Waals surface area contributed by atoms with Gasteiger partial charge in [0, 0.05) is 50.4 Å². The predicted molar refractivity (Wildman–Crippen MR) is 77.8 cm³/mol. The topological polar surface area (TPSA) is 49.3 Å². The minimum atomic E-state index is 0.247. The van der Waals surface area contributed by atoms with Crippen molar-refractivity contribution in [2.75, 3.05) is 30.4 Å². The first-order valence-electron chi connectivity index (χ1n) is 7.15. The van der Waals surface area contributed by atoms with Gasteiger partial charge in [0.2, 0.25) is 11.9 Å². The molecule has 2 atom stereocenters. The zero-order valence-corrected chi connectivity index (χ0v) is 12.2. The third kappa shape index (κ3) is 2.73. The predicted octanol–water partition coefficient (Wildman–Crippen LogP) is 1.53. The Balaban J connectivity index is 1.68. The van der Waals surface area contributed by atoms with Crippen molar-refractivity contribution in [1.29, 1.82) is 0 Å². The van der Waals surface area contributed by atoms with Crippen molar-refractivity contribution in [3.63, 3.8) is 0 Å². The van der Waals surface area contributed by atoms with Crippen LogP contribution in [-0.2, 0) is 4.79 Å². The molecule has 2 saturated heterocycles. The van der Waals surface area contributed by atoms with E-state index in [1.165, 1.54) is 0 Å². The van der Waals surface area contributed by atoms with Crippen LogP contribution >= 0.6 is 11.6 Å². The molecule has 0 bridgehead atoms. The van der Waals surface area contributed by atoms with Gasteiger partial charge in [-0.25, -0.2) is 9.97 Å². The van der Waals surface area contributed by atoms with Gasteiger partial charge in [-0.3, -0.25) is 4.79 Å². The zero-order valence-electron chi connectivity index (χ0n) is 11.4. The van der Waals surface area contributed by atoms with Gasteiger partial charge in [0.25, 0.3) is 0 Å². The molecule has 5 nitrogen and oxygen atoms in total. The van der Waals surface area contributed by atoms with Crippen molar-refractivity contribution >= 4 is 23.5 Å². The maximum atomic E-state index is 12.1. The fourth-order valence-electron chi connectivity index (χ4n) is 3.11. The van der Waals surface area contributed by atoms with Crippen LogP contribution in [0.5, 0.6) is 0 Å². The fraction of sp³-hybridized carbons (Fsp3) is 0.643. The highest BCUT2D eigenvalue weighted by molar-refractivity contribution is 6.18. The van der Waals surface area contributed by atoms with Gasteiger partial charge in [-0.05, 0) is 24.8 Å². The van der Waals surface area contributed by atoms with E-state index >= 15 is 0 Å². The summed E-state index contributed by atoms with van der Waals surface area (Å²) in [5.74, 6) is 1.89. The van der Waals surface area contributed by atoms with Gasteiger partial charge in [0.1, 0.15) is 0 Å². The number of aromatic nitrogens is 2. The lowest BCUT2D eigenvalue weighted by molar-refractivity contribution is -0.129. The number of alkyl halides is 1. The van der Waals surface area contributed by atoms with Gasteiger partial charge in [-0.2, -0.15) is 0 Å². The molecular formula is C14H19ClN4O. The first-order chi connectivity index (χ1) is 9.78. The number of hydrogen-bond donors (Lipinski definition) is 0. The maximum Gasteiger partial charge on any atom is 0.225 e. The first kappa shape index (κ1) is 13.6. The van der Waals surface area contributed by atoms with Crippen LogP contribution in [0, 0.1) is 5.92 Å². The largest absolute Gasteiger partial charge is 0.339 e. The summed E-state index contributed by atoms with van der Waals surface area (Å²) in [5, 5.41) is 0. The maximum absolute atomic E-state index is 12.1. The molecular weight excluding hydrogens is 276 g/mol. The SMILES string of the molecule is O=C1CC(CCl)CN1C1CCCN(c2ncccn2)C1. The van der Waals surface area contributed by atoms with Crippen LogP contribution in [0.2, 0.25) is 0 Å². The standard InChI is InChI=1S/C14H19ClN4O/c15-8-11-7-13(20)19(9-11)12-3-1-6-18(10-12)14-16-4-2-5-17-14/h2,4-5,11-12H,1,3,6-10H2. The molecule has 1 aromatic rings. The third-order valence-electron chi connectivity index (χ3n) is 4.13. The summed E-state index contributed by atoms with van der Waals surface area (Å²) in [6.45, 7) is 2.59. The molecule has 20 heavy (non-hydrogen) atoms. The van der Waals surface area contributed by atoms with E-state index in [1.54, 1.807) is 12.4 Å². The summed E-state index contributed by atoms with van der Waals surface area (Å²) in [4.78, 5) is 24.9. The zero-order chi connectivity index (χ0) is 13.9. The third-order valence-corrected chi connectivity index (χ3v) is 4.57. The molecule has 0 N–H and O–H groups in total. The van der Waals surface area contributed by atoms with E-state index in [0.29, 0.717) is 18.2 Å². The van der Waals surface area contributed by atoms with Crippen molar-refractivity contribution in [2.45, 2.75) is 25.3 Å². The minimum absolute atomic E-state index is 0.247. The second-order valence-corrected chi connectivity index (χ2v) is 5.87. The quantitative estimate of drug-likeness (QED) is 0.794. The summed E-state index contributed by atoms with van der Waals surface area (Å²) < 4.78 is 0. The molecule has 2 unspecified atom stereocenters. The molecule has 2 aliphatic rings. The number of amides is 1. The summed E-state index contributed by atoms with van der Waals surface area (Å²) in [7, 11) is 0. The molecule has 0 radical (unpaired) electrons. The van der Waals surface area contributed by atoms with E-state index in [9.17, 15) is 4.79 Å². The van der Waals surface area contributed by atoms with Crippen LogP contribution in [-0.4, -0.2) is 52.3 Å². The molecule has 0 saturated carbocycles. The van der Waals surface area contributed by atoms with Crippen molar-refractivity contribution in [1.82, 2.24) is 14.9 Å². The molecule has 2 fully saturated rings. The Morgan fingerprint density at radius 2 is 2.10 bits per heavy atom. The Bertz CT molecular complexity index is 470. The Kier molecular flexibility index (Phi) is 4.05. The molecule has 3 rings (SSSR count). The lowest BCUT2D eigenvalue weighted by Crippen LogP contribution is -2.49. The van der Waals surface area contributed by atoms with Crippen molar-refractivity contribution in [3.8, 4) is 0 Å². The Morgan fingerprint density at radius 3 is 2.80 bits per heavy atom. The molecule has 0 aliphatic carbocycles. The average Bonchev–Trinajstić information content (AvgIpc) is 2.89.